The number of aliphatic imine (C=N–C) groups is 1. The van der Waals surface area contributed by atoms with Crippen LogP contribution in [0.4, 0.5) is 19.2 Å². The maximum atomic E-state index is 12.1. The van der Waals surface area contributed by atoms with Crippen molar-refractivity contribution < 1.29 is 22.3 Å². The van der Waals surface area contributed by atoms with Gasteiger partial charge in [-0.25, -0.2) is 0 Å². The lowest BCUT2D eigenvalue weighted by Gasteiger charge is -2.07. The van der Waals surface area contributed by atoms with Crippen molar-refractivity contribution in [2.24, 2.45) is 16.5 Å². The zero-order valence-electron chi connectivity index (χ0n) is 8.73. The van der Waals surface area contributed by atoms with Crippen LogP contribution in [0.25, 0.3) is 11.1 Å². The molecule has 0 fully saturated rings. The monoisotopic (exact) mass is 260 g/mol. The molecule has 0 saturated heterocycles. The summed E-state index contributed by atoms with van der Waals surface area (Å²) in [6.45, 7) is 0. The first-order valence-electron chi connectivity index (χ1n) is 4.60. The average molecular weight is 260 g/mol. The highest BCUT2D eigenvalue weighted by molar-refractivity contribution is 5.82. The molecular formula is C9H7F3N4O2. The Morgan fingerprint density at radius 1 is 1.33 bits per heavy atom. The zero-order valence-corrected chi connectivity index (χ0v) is 8.73. The third kappa shape index (κ3) is 2.62. The van der Waals surface area contributed by atoms with Crippen LogP contribution in [0, 0.1) is 0 Å². The number of hydrogen-bond acceptors (Lipinski definition) is 4. The summed E-state index contributed by atoms with van der Waals surface area (Å²) in [4.78, 5) is 7.27. The van der Waals surface area contributed by atoms with Crippen LogP contribution >= 0.6 is 0 Å². The molecule has 4 N–H and O–H groups in total. The first kappa shape index (κ1) is 12.0. The van der Waals surface area contributed by atoms with E-state index in [-0.39, 0.29) is 23.1 Å². The van der Waals surface area contributed by atoms with Crippen molar-refractivity contribution in [3.8, 4) is 5.75 Å². The van der Waals surface area contributed by atoms with E-state index in [1.807, 2.05) is 0 Å². The molecule has 2 rings (SSSR count). The van der Waals surface area contributed by atoms with Crippen molar-refractivity contribution in [1.29, 1.82) is 0 Å². The molecule has 0 atom stereocenters. The lowest BCUT2D eigenvalue weighted by atomic mass is 10.3. The molecule has 2 aromatic rings. The number of halogens is 3. The van der Waals surface area contributed by atoms with Gasteiger partial charge in [0.2, 0.25) is 0 Å². The van der Waals surface area contributed by atoms with Crippen molar-refractivity contribution in [2.75, 3.05) is 0 Å². The third-order valence-electron chi connectivity index (χ3n) is 1.82. The van der Waals surface area contributed by atoms with Crippen LogP contribution in [0.5, 0.6) is 5.75 Å². The van der Waals surface area contributed by atoms with Crippen molar-refractivity contribution in [3.05, 3.63) is 18.2 Å². The molecule has 0 saturated carbocycles. The van der Waals surface area contributed by atoms with Crippen LogP contribution in [-0.4, -0.2) is 17.3 Å². The minimum absolute atomic E-state index is 0.150. The average Bonchev–Trinajstić information content (AvgIpc) is 2.57. The van der Waals surface area contributed by atoms with Gasteiger partial charge in [-0.15, -0.1) is 13.2 Å². The van der Waals surface area contributed by atoms with E-state index in [1.165, 1.54) is 12.1 Å². The van der Waals surface area contributed by atoms with Gasteiger partial charge in [-0.05, 0) is 12.1 Å². The number of nitrogens with two attached hydrogens (primary N) is 2. The Labute approximate surface area is 98.0 Å². The van der Waals surface area contributed by atoms with Crippen molar-refractivity contribution >= 4 is 23.1 Å². The Morgan fingerprint density at radius 3 is 2.67 bits per heavy atom. The smallest absolute Gasteiger partial charge is 0.418 e. The normalized spacial score (nSPS) is 11.5. The molecule has 6 nitrogen and oxygen atoms in total. The van der Waals surface area contributed by atoms with Crippen LogP contribution in [0.3, 0.4) is 0 Å². The molecule has 1 heterocycles. The maximum Gasteiger partial charge on any atom is 0.573 e. The van der Waals surface area contributed by atoms with E-state index < -0.39 is 12.1 Å². The SMILES string of the molecule is NC(N)=Nc1nc2cccc(OC(F)(F)F)c2o1. The highest BCUT2D eigenvalue weighted by Gasteiger charge is 2.32. The van der Waals surface area contributed by atoms with Crippen LogP contribution in [-0.2, 0) is 0 Å². The first-order chi connectivity index (χ1) is 8.35. The standard InChI is InChI=1S/C9H7F3N4O2/c10-9(11,12)18-5-3-1-2-4-6(5)17-8(15-4)16-7(13)14/h1-3H,(H4,13,14,15,16). The Hall–Kier alpha value is -2.45. The van der Waals surface area contributed by atoms with E-state index in [0.29, 0.717) is 0 Å². The van der Waals surface area contributed by atoms with Crippen molar-refractivity contribution in [2.45, 2.75) is 6.36 Å². The van der Waals surface area contributed by atoms with Crippen molar-refractivity contribution in [1.82, 2.24) is 4.98 Å². The lowest BCUT2D eigenvalue weighted by molar-refractivity contribution is -0.274. The fourth-order valence-electron chi connectivity index (χ4n) is 1.28. The van der Waals surface area contributed by atoms with Crippen LogP contribution < -0.4 is 16.2 Å². The second-order valence-corrected chi connectivity index (χ2v) is 3.19. The molecule has 0 amide bonds. The van der Waals surface area contributed by atoms with Gasteiger partial charge < -0.3 is 20.6 Å². The summed E-state index contributed by atoms with van der Waals surface area (Å²) in [6, 6.07) is 3.63. The lowest BCUT2D eigenvalue weighted by Crippen LogP contribution is -2.21. The van der Waals surface area contributed by atoms with Crippen LogP contribution in [0.1, 0.15) is 0 Å². The molecule has 0 aliphatic rings. The minimum atomic E-state index is -4.82. The summed E-state index contributed by atoms with van der Waals surface area (Å²) in [5, 5.41) is 0. The fraction of sp³-hybridized carbons (Fsp3) is 0.111. The predicted molar refractivity (Wildman–Crippen MR) is 56.2 cm³/mol. The molecule has 0 unspecified atom stereocenters. The second kappa shape index (κ2) is 4.09. The minimum Gasteiger partial charge on any atom is -0.418 e. The topological polar surface area (TPSA) is 99.7 Å². The molecule has 1 aromatic carbocycles. The number of guanidine groups is 1. The number of benzene rings is 1. The Bertz CT molecular complexity index is 601. The summed E-state index contributed by atoms with van der Waals surface area (Å²) in [5.41, 5.74) is 10.2. The molecule has 0 spiro atoms. The highest BCUT2D eigenvalue weighted by Crippen LogP contribution is 2.32. The number of rotatable bonds is 2. The van der Waals surface area contributed by atoms with Gasteiger partial charge in [-0.3, -0.25) is 0 Å². The number of alkyl halides is 3. The van der Waals surface area contributed by atoms with Gasteiger partial charge in [-0.1, -0.05) is 6.07 Å². The van der Waals surface area contributed by atoms with E-state index in [2.05, 4.69) is 14.7 Å². The Balaban J connectivity index is 2.49. The van der Waals surface area contributed by atoms with Gasteiger partial charge in [0, 0.05) is 0 Å². The van der Waals surface area contributed by atoms with Gasteiger partial charge in [0.15, 0.2) is 17.3 Å². The molecule has 18 heavy (non-hydrogen) atoms. The molecule has 1 aromatic heterocycles. The summed E-state index contributed by atoms with van der Waals surface area (Å²) in [7, 11) is 0. The van der Waals surface area contributed by atoms with Crippen LogP contribution in [0.2, 0.25) is 0 Å². The Morgan fingerprint density at radius 2 is 2.06 bits per heavy atom. The maximum absolute atomic E-state index is 12.1. The number of para-hydroxylation sites is 1. The predicted octanol–water partition coefficient (Wildman–Crippen LogP) is 1.63. The number of hydrogen-bond donors (Lipinski definition) is 2. The van der Waals surface area contributed by atoms with Crippen LogP contribution in [0.15, 0.2) is 27.6 Å². The van der Waals surface area contributed by atoms with Gasteiger partial charge in [0.1, 0.15) is 5.52 Å². The number of fused-ring (bicyclic) bond motifs is 1. The molecule has 0 aliphatic heterocycles. The number of oxazole rings is 1. The van der Waals surface area contributed by atoms with Gasteiger partial charge in [0.25, 0.3) is 0 Å². The molecule has 0 aliphatic carbocycles. The fourth-order valence-corrected chi connectivity index (χ4v) is 1.28. The number of aromatic nitrogens is 1. The third-order valence-corrected chi connectivity index (χ3v) is 1.82. The first-order valence-corrected chi connectivity index (χ1v) is 4.60. The van der Waals surface area contributed by atoms with E-state index in [9.17, 15) is 13.2 Å². The van der Waals surface area contributed by atoms with E-state index >= 15 is 0 Å². The molecule has 96 valence electrons. The zero-order chi connectivity index (χ0) is 13.3. The van der Waals surface area contributed by atoms with E-state index in [1.54, 1.807) is 0 Å². The largest absolute Gasteiger partial charge is 0.573 e. The summed E-state index contributed by atoms with van der Waals surface area (Å²) in [6.07, 6.45) is -4.82. The summed E-state index contributed by atoms with van der Waals surface area (Å²) < 4.78 is 45.2. The van der Waals surface area contributed by atoms with Gasteiger partial charge in [-0.2, -0.15) is 9.98 Å². The molecule has 9 heteroatoms. The molecular weight excluding hydrogens is 253 g/mol. The van der Waals surface area contributed by atoms with Gasteiger partial charge >= 0.3 is 12.4 Å². The number of nitrogens with zero attached hydrogens (tertiary/aromatic N) is 2. The van der Waals surface area contributed by atoms with E-state index in [0.717, 1.165) is 6.07 Å². The molecule has 0 radical (unpaired) electrons. The van der Waals surface area contributed by atoms with E-state index in [4.69, 9.17) is 15.9 Å². The molecule has 0 bridgehead atoms. The number of ether oxygens (including phenoxy) is 1. The summed E-state index contributed by atoms with van der Waals surface area (Å²) in [5.74, 6) is -0.829. The quantitative estimate of drug-likeness (QED) is 0.631. The van der Waals surface area contributed by atoms with Gasteiger partial charge in [0.05, 0.1) is 0 Å². The second-order valence-electron chi connectivity index (χ2n) is 3.19. The Kier molecular flexibility index (Phi) is 2.73. The summed E-state index contributed by atoms with van der Waals surface area (Å²) >= 11 is 0. The van der Waals surface area contributed by atoms with Crippen molar-refractivity contribution in [3.63, 3.8) is 0 Å². The highest BCUT2D eigenvalue weighted by atomic mass is 19.4.